The predicted octanol–water partition coefficient (Wildman–Crippen LogP) is 1.28. The standard InChI is InChI=1S/C10H8ClFN4O4S/c11-8-2-1-7(12)3-6(8)4-15-5-9(21(13,19)20)10(14-15)16(17)18/h1-3,5H,4H2,(H2,13,19,20). The number of primary sulfonamides is 1. The molecule has 21 heavy (non-hydrogen) atoms. The minimum absolute atomic E-state index is 0.146. The number of halogens is 2. The van der Waals surface area contributed by atoms with Crippen molar-refractivity contribution in [2.24, 2.45) is 5.14 Å². The van der Waals surface area contributed by atoms with E-state index in [-0.39, 0.29) is 17.1 Å². The van der Waals surface area contributed by atoms with Crippen molar-refractivity contribution in [2.75, 3.05) is 0 Å². The molecule has 0 atom stereocenters. The molecule has 2 aromatic rings. The number of aromatic nitrogens is 2. The summed E-state index contributed by atoms with van der Waals surface area (Å²) < 4.78 is 36.7. The number of nitrogens with zero attached hydrogens (tertiary/aromatic N) is 3. The molecule has 0 saturated heterocycles. The Bertz CT molecular complexity index is 820. The van der Waals surface area contributed by atoms with Crippen molar-refractivity contribution >= 4 is 27.4 Å². The predicted molar refractivity (Wildman–Crippen MR) is 70.8 cm³/mol. The highest BCUT2D eigenvalue weighted by Gasteiger charge is 2.29. The van der Waals surface area contributed by atoms with Crippen LogP contribution in [0.15, 0.2) is 29.3 Å². The van der Waals surface area contributed by atoms with Crippen LogP contribution < -0.4 is 5.14 Å². The van der Waals surface area contributed by atoms with E-state index >= 15 is 0 Å². The Hall–Kier alpha value is -2.04. The SMILES string of the molecule is NS(=O)(=O)c1cn(Cc2cc(F)ccc2Cl)nc1[N+](=O)[O-]. The Morgan fingerprint density at radius 3 is 2.67 bits per heavy atom. The molecule has 0 aliphatic rings. The molecule has 0 saturated carbocycles. The van der Waals surface area contributed by atoms with Crippen LogP contribution in [0.1, 0.15) is 5.56 Å². The molecule has 0 fully saturated rings. The molecule has 0 aliphatic heterocycles. The molecule has 11 heteroatoms. The molecular formula is C10H8ClFN4O4S. The first kappa shape index (κ1) is 15.4. The molecule has 0 aliphatic carbocycles. The largest absolute Gasteiger partial charge is 0.410 e. The zero-order valence-electron chi connectivity index (χ0n) is 10.2. The van der Waals surface area contributed by atoms with E-state index in [0.717, 1.165) is 23.0 Å². The molecule has 1 heterocycles. The third-order valence-electron chi connectivity index (χ3n) is 2.53. The van der Waals surface area contributed by atoms with Crippen LogP contribution >= 0.6 is 11.6 Å². The average Bonchev–Trinajstić information content (AvgIpc) is 2.78. The van der Waals surface area contributed by atoms with Gasteiger partial charge in [0.15, 0.2) is 0 Å². The number of benzene rings is 1. The van der Waals surface area contributed by atoms with E-state index in [1.807, 2.05) is 0 Å². The molecule has 1 aromatic carbocycles. The summed E-state index contributed by atoms with van der Waals surface area (Å²) in [5, 5.41) is 19.4. The van der Waals surface area contributed by atoms with Gasteiger partial charge in [-0.3, -0.25) is 0 Å². The van der Waals surface area contributed by atoms with Crippen molar-refractivity contribution in [2.45, 2.75) is 11.4 Å². The van der Waals surface area contributed by atoms with E-state index < -0.39 is 31.5 Å². The molecule has 0 spiro atoms. The van der Waals surface area contributed by atoms with E-state index in [9.17, 15) is 22.9 Å². The van der Waals surface area contributed by atoms with Gasteiger partial charge in [-0.1, -0.05) is 11.6 Å². The van der Waals surface area contributed by atoms with Gasteiger partial charge in [0.2, 0.25) is 14.9 Å². The lowest BCUT2D eigenvalue weighted by Crippen LogP contribution is -2.13. The van der Waals surface area contributed by atoms with E-state index in [1.54, 1.807) is 0 Å². The highest BCUT2D eigenvalue weighted by atomic mass is 35.5. The number of nitro groups is 1. The minimum Gasteiger partial charge on any atom is -0.358 e. The van der Waals surface area contributed by atoms with Gasteiger partial charge in [0.1, 0.15) is 5.82 Å². The first-order valence-corrected chi connectivity index (χ1v) is 7.29. The fourth-order valence-corrected chi connectivity index (χ4v) is 2.46. The lowest BCUT2D eigenvalue weighted by molar-refractivity contribution is -0.392. The summed E-state index contributed by atoms with van der Waals surface area (Å²) in [5.41, 5.74) is 0.287. The Labute approximate surface area is 123 Å². The van der Waals surface area contributed by atoms with E-state index in [2.05, 4.69) is 5.10 Å². The molecule has 0 amide bonds. The van der Waals surface area contributed by atoms with Crippen molar-refractivity contribution in [3.8, 4) is 0 Å². The lowest BCUT2D eigenvalue weighted by atomic mass is 10.2. The Balaban J connectivity index is 2.47. The molecule has 8 nitrogen and oxygen atoms in total. The third kappa shape index (κ3) is 3.35. The first-order chi connectivity index (χ1) is 9.68. The summed E-state index contributed by atoms with van der Waals surface area (Å²) in [5.74, 6) is -1.45. The summed E-state index contributed by atoms with van der Waals surface area (Å²) >= 11 is 5.86. The second-order valence-corrected chi connectivity index (χ2v) is 5.99. The van der Waals surface area contributed by atoms with Crippen LogP contribution in [0.5, 0.6) is 0 Å². The zero-order chi connectivity index (χ0) is 15.8. The van der Waals surface area contributed by atoms with Crippen LogP contribution in [-0.4, -0.2) is 23.1 Å². The maximum Gasteiger partial charge on any atom is 0.410 e. The number of rotatable bonds is 4. The van der Waals surface area contributed by atoms with Crippen molar-refractivity contribution in [1.29, 1.82) is 0 Å². The summed E-state index contributed by atoms with van der Waals surface area (Å²) in [4.78, 5) is 9.09. The molecule has 0 radical (unpaired) electrons. The quantitative estimate of drug-likeness (QED) is 0.666. The smallest absolute Gasteiger partial charge is 0.358 e. The number of hydrogen-bond acceptors (Lipinski definition) is 5. The zero-order valence-corrected chi connectivity index (χ0v) is 11.8. The van der Waals surface area contributed by atoms with Gasteiger partial charge in [0.25, 0.3) is 0 Å². The van der Waals surface area contributed by atoms with Crippen LogP contribution in [0.2, 0.25) is 5.02 Å². The second-order valence-electron chi connectivity index (χ2n) is 4.05. The Kier molecular flexibility index (Phi) is 3.94. The van der Waals surface area contributed by atoms with Crippen molar-refractivity contribution < 1.29 is 17.7 Å². The number of sulfonamides is 1. The molecular weight excluding hydrogens is 327 g/mol. The van der Waals surface area contributed by atoms with Gasteiger partial charge in [0, 0.05) is 5.02 Å². The normalized spacial score (nSPS) is 11.6. The van der Waals surface area contributed by atoms with Crippen LogP contribution in [0.4, 0.5) is 10.2 Å². The fourth-order valence-electron chi connectivity index (χ4n) is 1.64. The maximum atomic E-state index is 13.1. The summed E-state index contributed by atoms with van der Waals surface area (Å²) in [6, 6.07) is 3.57. The topological polar surface area (TPSA) is 121 Å². The van der Waals surface area contributed by atoms with Crippen LogP contribution in [-0.2, 0) is 16.6 Å². The highest BCUT2D eigenvalue weighted by Crippen LogP contribution is 2.23. The maximum absolute atomic E-state index is 13.1. The monoisotopic (exact) mass is 334 g/mol. The number of nitrogens with two attached hydrogens (primary N) is 1. The van der Waals surface area contributed by atoms with E-state index in [0.29, 0.717) is 0 Å². The minimum atomic E-state index is -4.30. The molecule has 2 rings (SSSR count). The van der Waals surface area contributed by atoms with Gasteiger partial charge in [-0.05, 0) is 28.7 Å². The van der Waals surface area contributed by atoms with E-state index in [4.69, 9.17) is 16.7 Å². The highest BCUT2D eigenvalue weighted by molar-refractivity contribution is 7.89. The average molecular weight is 335 g/mol. The fraction of sp³-hybridized carbons (Fsp3) is 0.100. The first-order valence-electron chi connectivity index (χ1n) is 5.37. The molecule has 1 aromatic heterocycles. The molecule has 0 unspecified atom stereocenters. The van der Waals surface area contributed by atoms with Gasteiger partial charge in [-0.15, -0.1) is 0 Å². The molecule has 2 N–H and O–H groups in total. The summed E-state index contributed by atoms with van der Waals surface area (Å²) in [7, 11) is -4.30. The van der Waals surface area contributed by atoms with Gasteiger partial charge < -0.3 is 10.1 Å². The van der Waals surface area contributed by atoms with Crippen LogP contribution in [0.3, 0.4) is 0 Å². The van der Waals surface area contributed by atoms with Gasteiger partial charge in [0.05, 0.1) is 17.8 Å². The van der Waals surface area contributed by atoms with Gasteiger partial charge in [-0.25, -0.2) is 17.9 Å². The second kappa shape index (κ2) is 5.39. The van der Waals surface area contributed by atoms with Crippen molar-refractivity contribution in [3.63, 3.8) is 0 Å². The lowest BCUT2D eigenvalue weighted by Gasteiger charge is -2.01. The number of hydrogen-bond donors (Lipinski definition) is 1. The molecule has 0 bridgehead atoms. The van der Waals surface area contributed by atoms with Crippen molar-refractivity contribution in [1.82, 2.24) is 9.78 Å². The van der Waals surface area contributed by atoms with Crippen LogP contribution in [0, 0.1) is 15.9 Å². The Morgan fingerprint density at radius 1 is 1.48 bits per heavy atom. The molecule has 112 valence electrons. The summed E-state index contributed by atoms with van der Waals surface area (Å²) in [6.07, 6.45) is 0.898. The van der Waals surface area contributed by atoms with Crippen molar-refractivity contribution in [3.05, 3.63) is 50.9 Å². The van der Waals surface area contributed by atoms with Gasteiger partial charge >= 0.3 is 5.82 Å². The van der Waals surface area contributed by atoms with E-state index in [1.165, 1.54) is 6.07 Å². The Morgan fingerprint density at radius 2 is 2.14 bits per heavy atom. The summed E-state index contributed by atoms with van der Waals surface area (Å²) in [6.45, 7) is -0.146. The van der Waals surface area contributed by atoms with Gasteiger partial charge in [-0.2, -0.15) is 4.68 Å². The third-order valence-corrected chi connectivity index (χ3v) is 3.80. The van der Waals surface area contributed by atoms with Crippen LogP contribution in [0.25, 0.3) is 0 Å².